The van der Waals surface area contributed by atoms with E-state index >= 15 is 0 Å². The molecule has 1 aromatic heterocycles. The molecule has 146 valence electrons. The summed E-state index contributed by atoms with van der Waals surface area (Å²) in [5, 5.41) is 5.93. The van der Waals surface area contributed by atoms with Crippen LogP contribution in [0.15, 0.2) is 52.0 Å². The van der Waals surface area contributed by atoms with Gasteiger partial charge in [0.25, 0.3) is 11.8 Å². The predicted molar refractivity (Wildman–Crippen MR) is 108 cm³/mol. The SMILES string of the molecule is Cc1ccc(Cl)cc1-c1ccc(/C=N\N2C(=O)[C@@H]3[C@@H]4C=C[C@H]([C@@H]5C[C@H]45)[C@@H]3C2=O)o1. The lowest BCUT2D eigenvalue weighted by molar-refractivity contribution is -0.140. The number of aryl methyl sites for hydroxylation is 1. The molecule has 7 rings (SSSR count). The molecule has 1 aliphatic heterocycles. The van der Waals surface area contributed by atoms with E-state index in [0.717, 1.165) is 22.6 Å². The Morgan fingerprint density at radius 1 is 1.07 bits per heavy atom. The molecule has 5 nitrogen and oxygen atoms in total. The second-order valence-electron chi connectivity index (χ2n) is 8.55. The Labute approximate surface area is 173 Å². The topological polar surface area (TPSA) is 62.9 Å². The van der Waals surface area contributed by atoms with Crippen molar-refractivity contribution in [1.82, 2.24) is 5.01 Å². The third-order valence-corrected chi connectivity index (χ3v) is 7.27. The van der Waals surface area contributed by atoms with E-state index in [-0.39, 0.29) is 35.5 Å². The molecule has 6 heteroatoms. The van der Waals surface area contributed by atoms with Crippen molar-refractivity contribution < 1.29 is 14.0 Å². The van der Waals surface area contributed by atoms with Crippen molar-refractivity contribution in [2.75, 3.05) is 0 Å². The van der Waals surface area contributed by atoms with E-state index in [4.69, 9.17) is 16.0 Å². The molecular weight excluding hydrogens is 388 g/mol. The Bertz CT molecular complexity index is 1080. The van der Waals surface area contributed by atoms with Gasteiger partial charge in [-0.2, -0.15) is 10.1 Å². The van der Waals surface area contributed by atoms with Crippen molar-refractivity contribution in [2.45, 2.75) is 13.3 Å². The maximum absolute atomic E-state index is 12.9. The van der Waals surface area contributed by atoms with E-state index < -0.39 is 0 Å². The molecule has 2 bridgehead atoms. The van der Waals surface area contributed by atoms with Crippen LogP contribution in [-0.4, -0.2) is 23.0 Å². The standard InChI is InChI=1S/C23H19ClN2O3/c1-11-2-3-12(24)8-16(11)19-7-4-13(29-19)10-25-26-22(27)20-14-5-6-15(18-9-17(14)18)21(20)23(26)28/h2-8,10,14-15,17-18,20-21H,9H2,1H3/b25-10-/t14-,15-,17-,18+,20-,21+/m1/s1. The molecule has 1 aromatic carbocycles. The first-order valence-electron chi connectivity index (χ1n) is 9.99. The number of hydrogen-bond donors (Lipinski definition) is 0. The Balaban J connectivity index is 1.26. The predicted octanol–water partition coefficient (Wildman–Crippen LogP) is 4.30. The monoisotopic (exact) mass is 406 g/mol. The van der Waals surface area contributed by atoms with Gasteiger partial charge >= 0.3 is 0 Å². The maximum atomic E-state index is 12.9. The Kier molecular flexibility index (Phi) is 3.52. The lowest BCUT2D eigenvalue weighted by Gasteiger charge is -2.37. The van der Waals surface area contributed by atoms with E-state index in [1.54, 1.807) is 6.07 Å². The van der Waals surface area contributed by atoms with Crippen molar-refractivity contribution in [3.63, 3.8) is 0 Å². The van der Waals surface area contributed by atoms with E-state index in [1.165, 1.54) is 6.21 Å². The molecule has 0 unspecified atom stereocenters. The van der Waals surface area contributed by atoms with Crippen LogP contribution in [-0.2, 0) is 9.59 Å². The Hall–Kier alpha value is -2.66. The van der Waals surface area contributed by atoms with Crippen LogP contribution in [0.2, 0.25) is 5.02 Å². The normalized spacial score (nSPS) is 34.2. The van der Waals surface area contributed by atoms with Crippen molar-refractivity contribution in [3.8, 4) is 11.3 Å². The van der Waals surface area contributed by atoms with Gasteiger partial charge in [-0.25, -0.2) is 0 Å². The number of amides is 2. The summed E-state index contributed by atoms with van der Waals surface area (Å²) in [5.41, 5.74) is 1.95. The first-order valence-corrected chi connectivity index (χ1v) is 10.4. The largest absolute Gasteiger partial charge is 0.455 e. The molecule has 2 aromatic rings. The van der Waals surface area contributed by atoms with E-state index in [2.05, 4.69) is 17.3 Å². The molecule has 2 amide bonds. The number of rotatable bonds is 3. The summed E-state index contributed by atoms with van der Waals surface area (Å²) in [6, 6.07) is 9.23. The highest BCUT2D eigenvalue weighted by Crippen LogP contribution is 2.65. The number of carbonyl (C=O) groups is 2. The van der Waals surface area contributed by atoms with E-state index in [1.807, 2.05) is 31.2 Å². The van der Waals surface area contributed by atoms with Gasteiger partial charge in [0.2, 0.25) is 0 Å². The summed E-state index contributed by atoms with van der Waals surface area (Å²) in [6.45, 7) is 1.98. The Morgan fingerprint density at radius 3 is 2.45 bits per heavy atom. The van der Waals surface area contributed by atoms with Crippen LogP contribution in [0.4, 0.5) is 0 Å². The number of hydrogen-bond acceptors (Lipinski definition) is 4. The zero-order chi connectivity index (χ0) is 19.9. The fourth-order valence-corrected chi connectivity index (χ4v) is 5.77. The summed E-state index contributed by atoms with van der Waals surface area (Å²) in [6.07, 6.45) is 6.92. The third kappa shape index (κ3) is 2.43. The van der Waals surface area contributed by atoms with Gasteiger partial charge < -0.3 is 4.42 Å². The lowest BCUT2D eigenvalue weighted by atomic mass is 9.63. The number of imide groups is 1. The van der Waals surface area contributed by atoms with Crippen LogP contribution in [0.25, 0.3) is 11.3 Å². The molecule has 4 aliphatic carbocycles. The molecule has 6 atom stereocenters. The molecule has 5 aliphatic rings. The summed E-state index contributed by atoms with van der Waals surface area (Å²) >= 11 is 6.10. The highest BCUT2D eigenvalue weighted by Gasteiger charge is 2.67. The fourth-order valence-electron chi connectivity index (χ4n) is 5.60. The van der Waals surface area contributed by atoms with Crippen LogP contribution in [0, 0.1) is 42.4 Å². The van der Waals surface area contributed by atoms with Crippen molar-refractivity contribution in [2.24, 2.45) is 40.6 Å². The second kappa shape index (κ2) is 5.92. The Morgan fingerprint density at radius 2 is 1.76 bits per heavy atom. The van der Waals surface area contributed by atoms with E-state index in [0.29, 0.717) is 28.4 Å². The van der Waals surface area contributed by atoms with Crippen LogP contribution in [0.3, 0.4) is 0 Å². The minimum Gasteiger partial charge on any atom is -0.455 e. The molecule has 0 radical (unpaired) electrons. The van der Waals surface area contributed by atoms with Gasteiger partial charge in [-0.1, -0.05) is 29.8 Å². The zero-order valence-corrected chi connectivity index (χ0v) is 16.5. The molecule has 2 saturated carbocycles. The van der Waals surface area contributed by atoms with Crippen molar-refractivity contribution in [3.05, 3.63) is 58.8 Å². The number of benzene rings is 1. The summed E-state index contributed by atoms with van der Waals surface area (Å²) in [4.78, 5) is 25.9. The van der Waals surface area contributed by atoms with Gasteiger partial charge in [0.05, 0.1) is 18.1 Å². The zero-order valence-electron chi connectivity index (χ0n) is 15.8. The molecular formula is C23H19ClN2O3. The van der Waals surface area contributed by atoms with Crippen LogP contribution in [0.5, 0.6) is 0 Å². The molecule has 3 fully saturated rings. The number of hydrazone groups is 1. The summed E-state index contributed by atoms with van der Waals surface area (Å²) in [5.74, 6) is 1.91. The van der Waals surface area contributed by atoms with Gasteiger partial charge in [0.15, 0.2) is 0 Å². The van der Waals surface area contributed by atoms with Gasteiger partial charge in [0, 0.05) is 10.6 Å². The number of nitrogens with zero attached hydrogens (tertiary/aromatic N) is 2. The van der Waals surface area contributed by atoms with Gasteiger partial charge in [0.1, 0.15) is 11.5 Å². The number of furan rings is 1. The fraction of sp³-hybridized carbons (Fsp3) is 0.348. The van der Waals surface area contributed by atoms with Crippen molar-refractivity contribution >= 4 is 29.6 Å². The number of carbonyl (C=O) groups excluding carboxylic acids is 2. The highest BCUT2D eigenvalue weighted by atomic mass is 35.5. The number of allylic oxidation sites excluding steroid dienone is 2. The highest BCUT2D eigenvalue weighted by molar-refractivity contribution is 6.30. The van der Waals surface area contributed by atoms with E-state index in [9.17, 15) is 9.59 Å². The molecule has 0 N–H and O–H groups in total. The summed E-state index contributed by atoms with van der Waals surface area (Å²) < 4.78 is 5.86. The van der Waals surface area contributed by atoms with Crippen molar-refractivity contribution in [1.29, 1.82) is 0 Å². The van der Waals surface area contributed by atoms with Gasteiger partial charge in [-0.3, -0.25) is 9.59 Å². The number of halogens is 1. The molecule has 0 spiro atoms. The maximum Gasteiger partial charge on any atom is 0.254 e. The average molecular weight is 407 g/mol. The minimum atomic E-state index is -0.236. The first-order chi connectivity index (χ1) is 14.0. The average Bonchev–Trinajstić information content (AvgIpc) is 3.36. The molecule has 29 heavy (non-hydrogen) atoms. The smallest absolute Gasteiger partial charge is 0.254 e. The van der Waals surface area contributed by atoms with Crippen LogP contribution >= 0.6 is 11.6 Å². The quantitative estimate of drug-likeness (QED) is 0.434. The minimum absolute atomic E-state index is 0.168. The molecule has 2 heterocycles. The first kappa shape index (κ1) is 17.2. The molecule has 1 saturated heterocycles. The van der Waals surface area contributed by atoms with Gasteiger partial charge in [-0.15, -0.1) is 0 Å². The van der Waals surface area contributed by atoms with Gasteiger partial charge in [-0.05, 0) is 66.8 Å². The van der Waals surface area contributed by atoms with Crippen LogP contribution in [0.1, 0.15) is 17.7 Å². The summed E-state index contributed by atoms with van der Waals surface area (Å²) in [7, 11) is 0. The lowest BCUT2D eigenvalue weighted by Crippen LogP contribution is -2.40. The second-order valence-corrected chi connectivity index (χ2v) is 8.99. The third-order valence-electron chi connectivity index (χ3n) is 7.03. The van der Waals surface area contributed by atoms with Crippen LogP contribution < -0.4 is 0 Å².